The van der Waals surface area contributed by atoms with Crippen molar-refractivity contribution < 1.29 is 9.59 Å². The topological polar surface area (TPSA) is 72.2 Å². The van der Waals surface area contributed by atoms with Crippen LogP contribution in [0.1, 0.15) is 13.3 Å². The fraction of sp³-hybridized carbons (Fsp3) is 0.714. The zero-order valence-electron chi connectivity index (χ0n) is 6.46. The fourth-order valence-corrected chi connectivity index (χ4v) is 1.29. The van der Waals surface area contributed by atoms with Gasteiger partial charge in [0.15, 0.2) is 0 Å². The van der Waals surface area contributed by atoms with E-state index >= 15 is 0 Å². The third kappa shape index (κ3) is 2.47. The monoisotopic (exact) mass is 180 g/mol. The number of nitrogens with two attached hydrogens (primary N) is 1. The van der Waals surface area contributed by atoms with Gasteiger partial charge in [0.05, 0.1) is 5.92 Å². The number of carbonyl (C=O) groups excluding carboxylic acids is 2. The van der Waals surface area contributed by atoms with E-state index in [1.807, 2.05) is 0 Å². The Balaban J connectivity index is 0.00000121. The zero-order valence-corrected chi connectivity index (χ0v) is 6.46. The van der Waals surface area contributed by atoms with Crippen LogP contribution in [-0.4, -0.2) is 47.9 Å². The summed E-state index contributed by atoms with van der Waals surface area (Å²) < 4.78 is 0. The number of carbonyl (C=O) groups is 2. The maximum atomic E-state index is 11.0. The van der Waals surface area contributed by atoms with Crippen molar-refractivity contribution in [3.05, 3.63) is 0 Å². The van der Waals surface area contributed by atoms with Crippen molar-refractivity contribution >= 4 is 41.4 Å². The predicted octanol–water partition coefficient (Wildman–Crippen LogP) is -1.40. The molecule has 3 N–H and O–H groups in total. The first kappa shape index (κ1) is 11.9. The van der Waals surface area contributed by atoms with E-state index in [4.69, 9.17) is 5.73 Å². The van der Waals surface area contributed by atoms with E-state index in [1.54, 1.807) is 6.92 Å². The van der Waals surface area contributed by atoms with Gasteiger partial charge in [-0.3, -0.25) is 9.59 Å². The van der Waals surface area contributed by atoms with Crippen LogP contribution < -0.4 is 11.1 Å². The molecule has 2 unspecified atom stereocenters. The Kier molecular flexibility index (Phi) is 4.82. The van der Waals surface area contributed by atoms with Gasteiger partial charge in [0.2, 0.25) is 11.8 Å². The third-order valence-corrected chi connectivity index (χ3v) is 2.14. The van der Waals surface area contributed by atoms with Crippen LogP contribution in [0.5, 0.6) is 0 Å². The summed E-state index contributed by atoms with van der Waals surface area (Å²) in [6.07, 6.45) is 0.725. The van der Waals surface area contributed by atoms with Gasteiger partial charge in [-0.2, -0.15) is 0 Å². The summed E-state index contributed by atoms with van der Waals surface area (Å²) in [4.78, 5) is 21.7. The van der Waals surface area contributed by atoms with Crippen LogP contribution in [0.15, 0.2) is 0 Å². The van der Waals surface area contributed by atoms with Gasteiger partial charge >= 0.3 is 29.6 Å². The van der Waals surface area contributed by atoms with E-state index in [1.165, 1.54) is 0 Å². The van der Waals surface area contributed by atoms with Crippen LogP contribution in [0.25, 0.3) is 0 Å². The molecule has 1 aliphatic rings. The molecular weight excluding hydrogens is 167 g/mol. The molecule has 0 bridgehead atoms. The molecule has 0 spiro atoms. The van der Waals surface area contributed by atoms with Crippen LogP contribution in [-0.2, 0) is 9.59 Å². The molecule has 1 fully saturated rings. The predicted molar refractivity (Wildman–Crippen MR) is 46.6 cm³/mol. The molecule has 0 saturated carbocycles. The van der Waals surface area contributed by atoms with Crippen molar-refractivity contribution in [2.75, 3.05) is 6.54 Å². The van der Waals surface area contributed by atoms with E-state index in [9.17, 15) is 9.59 Å². The maximum absolute atomic E-state index is 11.0. The molecule has 64 valence electrons. The Morgan fingerprint density at radius 1 is 1.75 bits per heavy atom. The van der Waals surface area contributed by atoms with Gasteiger partial charge in [-0.1, -0.05) is 6.92 Å². The van der Waals surface area contributed by atoms with Crippen molar-refractivity contribution in [3.63, 3.8) is 0 Å². The number of primary amides is 1. The van der Waals surface area contributed by atoms with Gasteiger partial charge in [-0.25, -0.2) is 0 Å². The summed E-state index contributed by atoms with van der Waals surface area (Å²) in [6.45, 7) is 2.36. The normalized spacial score (nSPS) is 24.1. The Hall–Kier alpha value is -0.0600. The molecule has 1 aliphatic heterocycles. The Bertz CT molecular complexity index is 196. The summed E-state index contributed by atoms with van der Waals surface area (Å²) in [5.41, 5.74) is 5.06. The first-order valence-corrected chi connectivity index (χ1v) is 3.70. The second kappa shape index (κ2) is 4.84. The van der Waals surface area contributed by atoms with Crippen molar-refractivity contribution in [2.45, 2.75) is 13.3 Å². The van der Waals surface area contributed by atoms with E-state index < -0.39 is 5.91 Å². The second-order valence-corrected chi connectivity index (χ2v) is 2.88. The van der Waals surface area contributed by atoms with Crippen molar-refractivity contribution in [2.24, 2.45) is 17.6 Å². The first-order chi connectivity index (χ1) is 5.13. The number of nitrogens with one attached hydrogen (secondary N) is 1. The Morgan fingerprint density at radius 2 is 2.33 bits per heavy atom. The number of rotatable bonds is 2. The molecule has 0 aromatic carbocycles. The van der Waals surface area contributed by atoms with Gasteiger partial charge in [-0.05, 0) is 6.42 Å². The molecule has 0 aromatic heterocycles. The molecular formula is C7H13N2NaO2. The standard InChI is InChI=1S/C7H12N2O2.Na.H/c1-4(6(8)10)5-2-3-9-7(5)11;;/h4-5H,2-3H2,1H3,(H2,8,10)(H,9,11);;. The molecule has 0 aromatic rings. The molecule has 4 nitrogen and oxygen atoms in total. The van der Waals surface area contributed by atoms with Gasteiger partial charge in [0, 0.05) is 12.5 Å². The summed E-state index contributed by atoms with van der Waals surface area (Å²) in [5.74, 6) is -0.978. The molecule has 12 heavy (non-hydrogen) atoms. The average molecular weight is 180 g/mol. The molecule has 0 radical (unpaired) electrons. The fourth-order valence-electron chi connectivity index (χ4n) is 1.29. The van der Waals surface area contributed by atoms with E-state index in [-0.39, 0.29) is 47.3 Å². The first-order valence-electron chi connectivity index (χ1n) is 3.70. The average Bonchev–Trinajstić information content (AvgIpc) is 2.33. The molecule has 2 amide bonds. The number of amides is 2. The van der Waals surface area contributed by atoms with E-state index in [0.717, 1.165) is 6.42 Å². The Morgan fingerprint density at radius 3 is 2.67 bits per heavy atom. The summed E-state index contributed by atoms with van der Waals surface area (Å²) in [5, 5.41) is 2.66. The van der Waals surface area contributed by atoms with Gasteiger partial charge in [-0.15, -0.1) is 0 Å². The quantitative estimate of drug-likeness (QED) is 0.513. The van der Waals surface area contributed by atoms with Gasteiger partial charge in [0.1, 0.15) is 0 Å². The van der Waals surface area contributed by atoms with Gasteiger partial charge < -0.3 is 11.1 Å². The van der Waals surface area contributed by atoms with Gasteiger partial charge in [0.25, 0.3) is 0 Å². The third-order valence-electron chi connectivity index (χ3n) is 2.14. The minimum atomic E-state index is -0.396. The van der Waals surface area contributed by atoms with E-state index in [2.05, 4.69) is 5.32 Å². The molecule has 1 heterocycles. The Labute approximate surface area is 93.5 Å². The van der Waals surface area contributed by atoms with Crippen LogP contribution in [0.3, 0.4) is 0 Å². The number of hydrogen-bond acceptors (Lipinski definition) is 2. The van der Waals surface area contributed by atoms with Crippen molar-refractivity contribution in [1.82, 2.24) is 5.32 Å². The molecule has 0 aliphatic carbocycles. The summed E-state index contributed by atoms with van der Waals surface area (Å²) in [6, 6.07) is 0. The molecule has 2 atom stereocenters. The zero-order chi connectivity index (χ0) is 8.43. The van der Waals surface area contributed by atoms with Crippen molar-refractivity contribution in [3.8, 4) is 0 Å². The van der Waals surface area contributed by atoms with Crippen LogP contribution in [0, 0.1) is 11.8 Å². The van der Waals surface area contributed by atoms with Crippen molar-refractivity contribution in [1.29, 1.82) is 0 Å². The van der Waals surface area contributed by atoms with Crippen LogP contribution in [0.2, 0.25) is 0 Å². The van der Waals surface area contributed by atoms with E-state index in [0.29, 0.717) is 6.54 Å². The van der Waals surface area contributed by atoms with Crippen LogP contribution in [0.4, 0.5) is 0 Å². The number of hydrogen-bond donors (Lipinski definition) is 2. The summed E-state index contributed by atoms with van der Waals surface area (Å²) >= 11 is 0. The molecule has 1 rings (SSSR count). The van der Waals surface area contributed by atoms with Crippen LogP contribution >= 0.6 is 0 Å². The molecule has 1 saturated heterocycles. The minimum absolute atomic E-state index is 0. The SMILES string of the molecule is CC(C(N)=O)C1CCNC1=O.[NaH]. The molecule has 5 heteroatoms. The summed E-state index contributed by atoms with van der Waals surface area (Å²) in [7, 11) is 0. The second-order valence-electron chi connectivity index (χ2n) is 2.88.